The third kappa shape index (κ3) is 5.86. The second kappa shape index (κ2) is 9.70. The standard InChI is InChI=1S/C23H24BrN3O4S/c1-15-5-10-20(11-16(15)2)27(32(4,29)30)14-18-6-8-19(9-7-18)23(28)26-25-13-21-12-22(24)17(3)31-21/h5-13H,14H2,1-4H3,(H,26,28). The summed E-state index contributed by atoms with van der Waals surface area (Å²) in [5, 5.41) is 3.90. The molecule has 3 aromatic rings. The van der Waals surface area contributed by atoms with E-state index in [0.717, 1.165) is 26.9 Å². The Morgan fingerprint density at radius 2 is 1.78 bits per heavy atom. The molecular formula is C23H24BrN3O4S. The molecule has 1 heterocycles. The van der Waals surface area contributed by atoms with Crippen LogP contribution in [0.5, 0.6) is 0 Å². The molecule has 0 atom stereocenters. The number of benzene rings is 2. The molecule has 168 valence electrons. The van der Waals surface area contributed by atoms with Crippen molar-refractivity contribution in [1.29, 1.82) is 0 Å². The van der Waals surface area contributed by atoms with E-state index in [-0.39, 0.29) is 12.5 Å². The number of hydrazone groups is 1. The monoisotopic (exact) mass is 517 g/mol. The lowest BCUT2D eigenvalue weighted by atomic mass is 10.1. The Morgan fingerprint density at radius 3 is 2.34 bits per heavy atom. The molecular weight excluding hydrogens is 494 g/mol. The minimum Gasteiger partial charge on any atom is -0.459 e. The molecule has 0 spiro atoms. The molecule has 0 fully saturated rings. The fourth-order valence-electron chi connectivity index (χ4n) is 2.97. The molecule has 7 nitrogen and oxygen atoms in total. The number of hydrogen-bond acceptors (Lipinski definition) is 5. The molecule has 0 radical (unpaired) electrons. The van der Waals surface area contributed by atoms with Gasteiger partial charge in [-0.25, -0.2) is 13.8 Å². The van der Waals surface area contributed by atoms with E-state index >= 15 is 0 Å². The molecule has 1 amide bonds. The highest BCUT2D eigenvalue weighted by molar-refractivity contribution is 9.10. The maximum absolute atomic E-state index is 12.4. The first kappa shape index (κ1) is 23.7. The zero-order chi connectivity index (χ0) is 23.5. The minimum absolute atomic E-state index is 0.161. The summed E-state index contributed by atoms with van der Waals surface area (Å²) in [6.07, 6.45) is 2.60. The van der Waals surface area contributed by atoms with Crippen molar-refractivity contribution in [2.24, 2.45) is 5.10 Å². The highest BCUT2D eigenvalue weighted by Crippen LogP contribution is 2.24. The van der Waals surface area contributed by atoms with Gasteiger partial charge in [-0.3, -0.25) is 9.10 Å². The molecule has 1 aromatic heterocycles. The predicted molar refractivity (Wildman–Crippen MR) is 130 cm³/mol. The van der Waals surface area contributed by atoms with Gasteiger partial charge in [0.15, 0.2) is 0 Å². The van der Waals surface area contributed by atoms with E-state index in [1.165, 1.54) is 16.8 Å². The van der Waals surface area contributed by atoms with Crippen molar-refractivity contribution >= 4 is 43.8 Å². The molecule has 0 aliphatic rings. The van der Waals surface area contributed by atoms with Gasteiger partial charge in [0, 0.05) is 11.6 Å². The highest BCUT2D eigenvalue weighted by atomic mass is 79.9. The first-order valence-electron chi connectivity index (χ1n) is 9.78. The molecule has 0 bridgehead atoms. The largest absolute Gasteiger partial charge is 0.459 e. The van der Waals surface area contributed by atoms with Crippen molar-refractivity contribution in [1.82, 2.24) is 5.43 Å². The highest BCUT2D eigenvalue weighted by Gasteiger charge is 2.18. The molecule has 0 aliphatic carbocycles. The number of carbonyl (C=O) groups excluding carboxylic acids is 1. The molecule has 0 unspecified atom stereocenters. The van der Waals surface area contributed by atoms with Gasteiger partial charge < -0.3 is 4.42 Å². The fourth-order valence-corrected chi connectivity index (χ4v) is 4.16. The lowest BCUT2D eigenvalue weighted by Crippen LogP contribution is -2.29. The van der Waals surface area contributed by atoms with Gasteiger partial charge in [-0.1, -0.05) is 18.2 Å². The van der Waals surface area contributed by atoms with E-state index in [4.69, 9.17) is 4.42 Å². The van der Waals surface area contributed by atoms with Crippen molar-refractivity contribution < 1.29 is 17.6 Å². The number of nitrogens with one attached hydrogen (secondary N) is 1. The van der Waals surface area contributed by atoms with Crippen LogP contribution in [0.3, 0.4) is 0 Å². The third-order valence-electron chi connectivity index (χ3n) is 4.96. The van der Waals surface area contributed by atoms with Crippen molar-refractivity contribution in [3.8, 4) is 0 Å². The minimum atomic E-state index is -3.49. The molecule has 0 saturated heterocycles. The summed E-state index contributed by atoms with van der Waals surface area (Å²) in [7, 11) is -3.49. The summed E-state index contributed by atoms with van der Waals surface area (Å²) in [6, 6.07) is 14.0. The van der Waals surface area contributed by atoms with Crippen molar-refractivity contribution in [2.75, 3.05) is 10.6 Å². The Bertz CT molecular complexity index is 1250. The maximum Gasteiger partial charge on any atom is 0.271 e. The molecule has 1 N–H and O–H groups in total. The number of rotatable bonds is 7. The SMILES string of the molecule is Cc1ccc(N(Cc2ccc(C(=O)NN=Cc3cc(Br)c(C)o3)cc2)S(C)(=O)=O)cc1C. The first-order valence-corrected chi connectivity index (χ1v) is 12.4. The molecule has 32 heavy (non-hydrogen) atoms. The lowest BCUT2D eigenvalue weighted by molar-refractivity contribution is 0.0955. The Balaban J connectivity index is 1.70. The van der Waals surface area contributed by atoms with Gasteiger partial charge in [0.2, 0.25) is 10.0 Å². The smallest absolute Gasteiger partial charge is 0.271 e. The van der Waals surface area contributed by atoms with E-state index in [1.807, 2.05) is 32.9 Å². The Hall–Kier alpha value is -2.91. The van der Waals surface area contributed by atoms with Gasteiger partial charge in [0.25, 0.3) is 5.91 Å². The van der Waals surface area contributed by atoms with Crippen LogP contribution in [0.2, 0.25) is 0 Å². The average molecular weight is 518 g/mol. The number of amides is 1. The van der Waals surface area contributed by atoms with Crippen molar-refractivity contribution in [3.05, 3.63) is 86.8 Å². The van der Waals surface area contributed by atoms with Crippen LogP contribution in [0.15, 0.2) is 62.5 Å². The van der Waals surface area contributed by atoms with E-state index in [9.17, 15) is 13.2 Å². The number of nitrogens with zero attached hydrogens (tertiary/aromatic N) is 2. The molecule has 0 aliphatic heterocycles. The zero-order valence-corrected chi connectivity index (χ0v) is 20.6. The van der Waals surface area contributed by atoms with Gasteiger partial charge >= 0.3 is 0 Å². The van der Waals surface area contributed by atoms with Gasteiger partial charge in [-0.15, -0.1) is 0 Å². The zero-order valence-electron chi connectivity index (χ0n) is 18.2. The van der Waals surface area contributed by atoms with E-state index < -0.39 is 10.0 Å². The van der Waals surface area contributed by atoms with Crippen LogP contribution in [-0.4, -0.2) is 26.8 Å². The van der Waals surface area contributed by atoms with E-state index in [0.29, 0.717) is 17.0 Å². The quantitative estimate of drug-likeness (QED) is 0.363. The molecule has 2 aromatic carbocycles. The second-order valence-corrected chi connectivity index (χ2v) is 10.2. The summed E-state index contributed by atoms with van der Waals surface area (Å²) in [5.74, 6) is 0.846. The molecule has 0 saturated carbocycles. The summed E-state index contributed by atoms with van der Waals surface area (Å²) >= 11 is 3.35. The van der Waals surface area contributed by atoms with Crippen LogP contribution in [-0.2, 0) is 16.6 Å². The second-order valence-electron chi connectivity index (χ2n) is 7.49. The van der Waals surface area contributed by atoms with Gasteiger partial charge in [0.05, 0.1) is 29.2 Å². The number of furan rings is 1. The van der Waals surface area contributed by atoms with Crippen molar-refractivity contribution in [3.63, 3.8) is 0 Å². The summed E-state index contributed by atoms with van der Waals surface area (Å²) in [6.45, 7) is 5.90. The van der Waals surface area contributed by atoms with Gasteiger partial charge in [0.1, 0.15) is 11.5 Å². The fraction of sp³-hybridized carbons (Fsp3) is 0.217. The normalized spacial score (nSPS) is 11.7. The number of hydrogen-bond donors (Lipinski definition) is 1. The maximum atomic E-state index is 12.4. The summed E-state index contributed by atoms with van der Waals surface area (Å²) in [5.41, 5.74) is 6.31. The van der Waals surface area contributed by atoms with Crippen LogP contribution < -0.4 is 9.73 Å². The number of halogens is 1. The number of aryl methyl sites for hydroxylation is 3. The Kier molecular flexibility index (Phi) is 7.20. The van der Waals surface area contributed by atoms with E-state index in [1.54, 1.807) is 36.4 Å². The predicted octanol–water partition coefficient (Wildman–Crippen LogP) is 4.70. The third-order valence-corrected chi connectivity index (χ3v) is 6.88. The van der Waals surface area contributed by atoms with Crippen LogP contribution in [0.25, 0.3) is 0 Å². The Morgan fingerprint density at radius 1 is 1.09 bits per heavy atom. The van der Waals surface area contributed by atoms with Crippen LogP contribution in [0, 0.1) is 20.8 Å². The van der Waals surface area contributed by atoms with Crippen LogP contribution >= 0.6 is 15.9 Å². The van der Waals surface area contributed by atoms with Crippen LogP contribution in [0.4, 0.5) is 5.69 Å². The van der Waals surface area contributed by atoms with Gasteiger partial charge in [-0.2, -0.15) is 5.10 Å². The first-order chi connectivity index (χ1) is 15.0. The summed E-state index contributed by atoms with van der Waals surface area (Å²) in [4.78, 5) is 12.3. The molecule has 9 heteroatoms. The van der Waals surface area contributed by atoms with Crippen molar-refractivity contribution in [2.45, 2.75) is 27.3 Å². The number of sulfonamides is 1. The average Bonchev–Trinajstić information content (AvgIpc) is 3.05. The topological polar surface area (TPSA) is 92.0 Å². The molecule has 3 rings (SSSR count). The van der Waals surface area contributed by atoms with Crippen LogP contribution in [0.1, 0.15) is 38.6 Å². The van der Waals surface area contributed by atoms with E-state index in [2.05, 4.69) is 26.5 Å². The number of carbonyl (C=O) groups is 1. The number of anilines is 1. The Labute approximate surface area is 196 Å². The summed E-state index contributed by atoms with van der Waals surface area (Å²) < 4.78 is 32.4. The lowest BCUT2D eigenvalue weighted by Gasteiger charge is -2.23. The van der Waals surface area contributed by atoms with Gasteiger partial charge in [-0.05, 0) is 77.7 Å².